The van der Waals surface area contributed by atoms with E-state index in [1.165, 1.54) is 16.0 Å². The van der Waals surface area contributed by atoms with E-state index in [2.05, 4.69) is 36.1 Å². The number of aryl methyl sites for hydroxylation is 1. The fourth-order valence-corrected chi connectivity index (χ4v) is 5.84. The number of carbonyl (C=O) groups is 3. The first kappa shape index (κ1) is 16.0. The van der Waals surface area contributed by atoms with Gasteiger partial charge in [-0.15, -0.1) is 0 Å². The summed E-state index contributed by atoms with van der Waals surface area (Å²) in [7, 11) is 0. The summed E-state index contributed by atoms with van der Waals surface area (Å²) in [6.07, 6.45) is 4.74. The van der Waals surface area contributed by atoms with Gasteiger partial charge in [-0.05, 0) is 44.6 Å². The maximum Gasteiger partial charge on any atom is 0.230 e. The minimum absolute atomic E-state index is 0.0467. The van der Waals surface area contributed by atoms with Crippen LogP contribution in [-0.4, -0.2) is 39.6 Å². The number of imide groups is 1. The topological polar surface area (TPSA) is 57.7 Å². The molecule has 2 aliphatic heterocycles. The predicted molar refractivity (Wildman–Crippen MR) is 95.0 cm³/mol. The van der Waals surface area contributed by atoms with Crippen molar-refractivity contribution < 1.29 is 14.4 Å². The number of likely N-dealkylation sites (tertiary alicyclic amines) is 2. The number of nitrogens with zero attached hydrogens (tertiary/aromatic N) is 2. The lowest BCUT2D eigenvalue weighted by atomic mass is 9.38. The van der Waals surface area contributed by atoms with Crippen molar-refractivity contribution in [3.8, 4) is 0 Å². The maximum absolute atomic E-state index is 13.3. The van der Waals surface area contributed by atoms with Gasteiger partial charge in [0.15, 0.2) is 0 Å². The van der Waals surface area contributed by atoms with Gasteiger partial charge in [-0.1, -0.05) is 29.8 Å². The van der Waals surface area contributed by atoms with E-state index in [1.807, 2.05) is 0 Å². The summed E-state index contributed by atoms with van der Waals surface area (Å²) >= 11 is 0. The van der Waals surface area contributed by atoms with Gasteiger partial charge in [-0.2, -0.15) is 0 Å². The molecule has 0 radical (unpaired) electrons. The van der Waals surface area contributed by atoms with E-state index in [4.69, 9.17) is 0 Å². The standard InChI is InChI=1S/C21H24N2O3/c1-14-4-2-5-15(10-14)16-6-3-9-22(16)19(26)20-11-21(12-20,13-20)23-17(24)7-8-18(23)25/h2,4-5,10,16H,3,6-9,11-13H2,1H3. The lowest BCUT2D eigenvalue weighted by Crippen LogP contribution is -2.79. The first-order valence-electron chi connectivity index (χ1n) is 9.68. The van der Waals surface area contributed by atoms with E-state index in [9.17, 15) is 14.4 Å². The highest BCUT2D eigenvalue weighted by molar-refractivity contribution is 6.04. The van der Waals surface area contributed by atoms with Crippen LogP contribution in [0.2, 0.25) is 0 Å². The number of hydrogen-bond donors (Lipinski definition) is 0. The molecule has 1 aromatic carbocycles. The zero-order valence-electron chi connectivity index (χ0n) is 15.2. The van der Waals surface area contributed by atoms with E-state index in [-0.39, 0.29) is 34.7 Å². The van der Waals surface area contributed by atoms with Crippen LogP contribution in [-0.2, 0) is 14.4 Å². The van der Waals surface area contributed by atoms with E-state index < -0.39 is 0 Å². The van der Waals surface area contributed by atoms with E-state index in [0.29, 0.717) is 32.1 Å². The van der Waals surface area contributed by atoms with Crippen LogP contribution in [0.1, 0.15) is 62.1 Å². The Balaban J connectivity index is 1.33. The Morgan fingerprint density at radius 2 is 1.81 bits per heavy atom. The normalized spacial score (nSPS) is 35.5. The van der Waals surface area contributed by atoms with Crippen molar-refractivity contribution >= 4 is 17.7 Å². The zero-order chi connectivity index (χ0) is 18.1. The maximum atomic E-state index is 13.3. The molecule has 136 valence electrons. The summed E-state index contributed by atoms with van der Waals surface area (Å²) in [4.78, 5) is 41.0. The molecule has 5 fully saturated rings. The molecular weight excluding hydrogens is 328 g/mol. The van der Waals surface area contributed by atoms with E-state index in [1.54, 1.807) is 0 Å². The average molecular weight is 352 g/mol. The highest BCUT2D eigenvalue weighted by atomic mass is 16.2. The Kier molecular flexibility index (Phi) is 3.19. The second-order valence-corrected chi connectivity index (χ2v) is 8.73. The molecule has 26 heavy (non-hydrogen) atoms. The molecule has 5 nitrogen and oxygen atoms in total. The van der Waals surface area contributed by atoms with Crippen molar-refractivity contribution in [3.05, 3.63) is 35.4 Å². The van der Waals surface area contributed by atoms with Gasteiger partial charge in [-0.25, -0.2) is 0 Å². The summed E-state index contributed by atoms with van der Waals surface area (Å²) in [6.45, 7) is 2.90. The Bertz CT molecular complexity index is 795. The first-order valence-corrected chi connectivity index (χ1v) is 9.68. The molecule has 1 atom stereocenters. The van der Waals surface area contributed by atoms with Crippen molar-refractivity contribution in [2.45, 2.75) is 63.5 Å². The van der Waals surface area contributed by atoms with E-state index in [0.717, 1.165) is 19.4 Å². The molecule has 0 spiro atoms. The largest absolute Gasteiger partial charge is 0.335 e. The van der Waals surface area contributed by atoms with Gasteiger partial charge in [0, 0.05) is 19.4 Å². The predicted octanol–water partition coefficient (Wildman–Crippen LogP) is 2.73. The van der Waals surface area contributed by atoms with Crippen molar-refractivity contribution in [1.82, 2.24) is 9.80 Å². The molecule has 3 amide bonds. The summed E-state index contributed by atoms with van der Waals surface area (Å²) in [6, 6.07) is 8.61. The van der Waals surface area contributed by atoms with Gasteiger partial charge in [0.05, 0.1) is 17.0 Å². The molecule has 3 aliphatic carbocycles. The molecule has 5 heteroatoms. The Morgan fingerprint density at radius 3 is 2.46 bits per heavy atom. The van der Waals surface area contributed by atoms with Gasteiger partial charge in [0.2, 0.25) is 17.7 Å². The van der Waals surface area contributed by atoms with Crippen LogP contribution < -0.4 is 0 Å². The third-order valence-corrected chi connectivity index (χ3v) is 6.92. The molecule has 1 unspecified atom stereocenters. The highest BCUT2D eigenvalue weighted by Crippen LogP contribution is 2.71. The zero-order valence-corrected chi connectivity index (χ0v) is 15.2. The molecule has 2 heterocycles. The van der Waals surface area contributed by atoms with Gasteiger partial charge >= 0.3 is 0 Å². The third-order valence-electron chi connectivity index (χ3n) is 6.92. The highest BCUT2D eigenvalue weighted by Gasteiger charge is 2.76. The minimum Gasteiger partial charge on any atom is -0.335 e. The number of carbonyl (C=O) groups excluding carboxylic acids is 3. The number of hydrogen-bond acceptors (Lipinski definition) is 3. The molecule has 5 aliphatic rings. The minimum atomic E-state index is -0.334. The van der Waals surface area contributed by atoms with Crippen molar-refractivity contribution in [1.29, 1.82) is 0 Å². The average Bonchev–Trinajstić information content (AvgIpc) is 3.14. The van der Waals surface area contributed by atoms with Crippen LogP contribution in [0.15, 0.2) is 24.3 Å². The summed E-state index contributed by atoms with van der Waals surface area (Å²) in [5.74, 6) is 0.145. The lowest BCUT2D eigenvalue weighted by molar-refractivity contribution is -0.223. The van der Waals surface area contributed by atoms with Gasteiger partial charge in [0.1, 0.15) is 0 Å². The molecule has 2 bridgehead atoms. The Morgan fingerprint density at radius 1 is 1.12 bits per heavy atom. The van der Waals surface area contributed by atoms with Gasteiger partial charge in [0.25, 0.3) is 0 Å². The number of benzene rings is 1. The number of rotatable bonds is 3. The smallest absolute Gasteiger partial charge is 0.230 e. The third kappa shape index (κ3) is 2.00. The van der Waals surface area contributed by atoms with Crippen LogP contribution >= 0.6 is 0 Å². The molecule has 1 aromatic rings. The number of amides is 3. The van der Waals surface area contributed by atoms with Crippen LogP contribution in [0, 0.1) is 12.3 Å². The molecular formula is C21H24N2O3. The van der Waals surface area contributed by atoms with Crippen LogP contribution in [0.4, 0.5) is 0 Å². The lowest BCUT2D eigenvalue weighted by Gasteiger charge is -2.71. The van der Waals surface area contributed by atoms with Crippen molar-refractivity contribution in [2.24, 2.45) is 5.41 Å². The molecule has 0 aromatic heterocycles. The second kappa shape index (κ2) is 5.18. The summed E-state index contributed by atoms with van der Waals surface area (Å²) in [5.41, 5.74) is 1.79. The Hall–Kier alpha value is -2.17. The van der Waals surface area contributed by atoms with Crippen LogP contribution in [0.25, 0.3) is 0 Å². The summed E-state index contributed by atoms with van der Waals surface area (Å²) < 4.78 is 0. The van der Waals surface area contributed by atoms with Crippen LogP contribution in [0.5, 0.6) is 0 Å². The van der Waals surface area contributed by atoms with E-state index >= 15 is 0 Å². The fourth-order valence-electron chi connectivity index (χ4n) is 5.84. The molecule has 6 rings (SSSR count). The second-order valence-electron chi connectivity index (χ2n) is 8.73. The molecule has 2 saturated heterocycles. The monoisotopic (exact) mass is 352 g/mol. The van der Waals surface area contributed by atoms with Crippen molar-refractivity contribution in [3.63, 3.8) is 0 Å². The van der Waals surface area contributed by atoms with Gasteiger partial charge < -0.3 is 4.90 Å². The fraction of sp³-hybridized carbons (Fsp3) is 0.571. The molecule has 3 saturated carbocycles. The molecule has 0 N–H and O–H groups in total. The van der Waals surface area contributed by atoms with Crippen molar-refractivity contribution in [2.75, 3.05) is 6.54 Å². The Labute approximate surface area is 153 Å². The van der Waals surface area contributed by atoms with Gasteiger partial charge in [-0.3, -0.25) is 19.3 Å². The first-order chi connectivity index (χ1) is 12.4. The van der Waals surface area contributed by atoms with Crippen LogP contribution in [0.3, 0.4) is 0 Å². The summed E-state index contributed by atoms with van der Waals surface area (Å²) in [5, 5.41) is 0. The SMILES string of the molecule is Cc1cccc(C2CCCN2C(=O)C23CC(N4C(=O)CCC4=O)(C2)C3)c1. The quantitative estimate of drug-likeness (QED) is 0.786.